The molecule has 0 aliphatic carbocycles. The lowest BCUT2D eigenvalue weighted by molar-refractivity contribution is 0.544. The predicted molar refractivity (Wildman–Crippen MR) is 81.8 cm³/mol. The molecule has 114 valence electrons. The largest absolute Gasteiger partial charge is 0.283 e. The molecule has 0 saturated heterocycles. The highest BCUT2D eigenvalue weighted by molar-refractivity contribution is 7.87. The first-order valence-corrected chi connectivity index (χ1v) is 8.24. The van der Waals surface area contributed by atoms with Crippen molar-refractivity contribution in [2.45, 2.75) is 32.9 Å². The van der Waals surface area contributed by atoms with E-state index in [1.54, 1.807) is 0 Å². The molecule has 6 nitrogen and oxygen atoms in total. The minimum atomic E-state index is -3.53. The first-order valence-electron chi connectivity index (χ1n) is 6.76. The zero-order valence-electron chi connectivity index (χ0n) is 12.1. The molecule has 0 amide bonds. The Morgan fingerprint density at radius 3 is 2.62 bits per heavy atom. The van der Waals surface area contributed by atoms with Crippen LogP contribution >= 0.6 is 0 Å². The van der Waals surface area contributed by atoms with Crippen molar-refractivity contribution >= 4 is 10.2 Å². The number of benzene rings is 1. The molecule has 0 spiro atoms. The SMILES string of the molecule is Cc1cc(C[C@H](C)NS(=O)(=O)NCc2ccccc2)n[nH]1. The first kappa shape index (κ1) is 15.7. The van der Waals surface area contributed by atoms with Gasteiger partial charge in [0.2, 0.25) is 0 Å². The second kappa shape index (κ2) is 6.84. The summed E-state index contributed by atoms with van der Waals surface area (Å²) in [5.41, 5.74) is 2.71. The monoisotopic (exact) mass is 308 g/mol. The van der Waals surface area contributed by atoms with Gasteiger partial charge in [-0.3, -0.25) is 5.10 Å². The molecule has 2 aromatic rings. The van der Waals surface area contributed by atoms with E-state index in [4.69, 9.17) is 0 Å². The summed E-state index contributed by atoms with van der Waals surface area (Å²) < 4.78 is 29.0. The minimum Gasteiger partial charge on any atom is -0.283 e. The number of H-pyrrole nitrogens is 1. The van der Waals surface area contributed by atoms with E-state index in [0.29, 0.717) is 6.42 Å². The number of hydrogen-bond acceptors (Lipinski definition) is 3. The number of nitrogens with one attached hydrogen (secondary N) is 3. The molecular weight excluding hydrogens is 288 g/mol. The summed E-state index contributed by atoms with van der Waals surface area (Å²) in [6.07, 6.45) is 0.538. The summed E-state index contributed by atoms with van der Waals surface area (Å²) in [4.78, 5) is 0. The molecule has 0 unspecified atom stereocenters. The molecule has 0 aliphatic heterocycles. The van der Waals surface area contributed by atoms with Crippen LogP contribution in [-0.4, -0.2) is 24.7 Å². The molecule has 0 bridgehead atoms. The van der Waals surface area contributed by atoms with Gasteiger partial charge in [0.1, 0.15) is 0 Å². The van der Waals surface area contributed by atoms with Gasteiger partial charge in [0.25, 0.3) is 10.2 Å². The van der Waals surface area contributed by atoms with Crippen molar-refractivity contribution in [2.75, 3.05) is 0 Å². The summed E-state index contributed by atoms with van der Waals surface area (Å²) in [7, 11) is -3.53. The van der Waals surface area contributed by atoms with Crippen molar-refractivity contribution < 1.29 is 8.42 Å². The lowest BCUT2D eigenvalue weighted by atomic mass is 10.2. The van der Waals surface area contributed by atoms with E-state index in [9.17, 15) is 8.42 Å². The maximum absolute atomic E-state index is 12.0. The summed E-state index contributed by atoms with van der Waals surface area (Å²) in [6.45, 7) is 3.99. The average molecular weight is 308 g/mol. The Morgan fingerprint density at radius 2 is 2.00 bits per heavy atom. The van der Waals surface area contributed by atoms with Gasteiger partial charge in [-0.2, -0.15) is 23.0 Å². The van der Waals surface area contributed by atoms with Gasteiger partial charge in [-0.1, -0.05) is 30.3 Å². The van der Waals surface area contributed by atoms with Crippen LogP contribution in [0.3, 0.4) is 0 Å². The van der Waals surface area contributed by atoms with Crippen molar-refractivity contribution in [3.63, 3.8) is 0 Å². The van der Waals surface area contributed by atoms with Crippen molar-refractivity contribution in [3.8, 4) is 0 Å². The van der Waals surface area contributed by atoms with Gasteiger partial charge in [-0.05, 0) is 25.5 Å². The molecule has 0 aliphatic rings. The molecular formula is C14H20N4O2S. The van der Waals surface area contributed by atoms with Crippen molar-refractivity contribution in [1.82, 2.24) is 19.6 Å². The summed E-state index contributed by atoms with van der Waals surface area (Å²) >= 11 is 0. The summed E-state index contributed by atoms with van der Waals surface area (Å²) in [5, 5.41) is 6.94. The van der Waals surface area contributed by atoms with E-state index in [2.05, 4.69) is 19.6 Å². The van der Waals surface area contributed by atoms with Gasteiger partial charge < -0.3 is 0 Å². The van der Waals surface area contributed by atoms with Gasteiger partial charge in [-0.15, -0.1) is 0 Å². The number of aromatic amines is 1. The Balaban J connectivity index is 1.85. The molecule has 7 heteroatoms. The normalized spacial score (nSPS) is 13.2. The van der Waals surface area contributed by atoms with Crippen LogP contribution in [0.25, 0.3) is 0 Å². The van der Waals surface area contributed by atoms with E-state index in [0.717, 1.165) is 17.0 Å². The maximum Gasteiger partial charge on any atom is 0.277 e. The summed E-state index contributed by atoms with van der Waals surface area (Å²) in [6, 6.07) is 11.1. The van der Waals surface area contributed by atoms with Crippen LogP contribution in [0.4, 0.5) is 0 Å². The number of rotatable bonds is 7. The molecule has 0 fully saturated rings. The quantitative estimate of drug-likeness (QED) is 0.720. The Hall–Kier alpha value is -1.70. The molecule has 1 aromatic heterocycles. The number of nitrogens with zero attached hydrogens (tertiary/aromatic N) is 1. The zero-order valence-corrected chi connectivity index (χ0v) is 12.9. The van der Waals surface area contributed by atoms with Gasteiger partial charge in [0, 0.05) is 24.7 Å². The smallest absolute Gasteiger partial charge is 0.277 e. The first-order chi connectivity index (χ1) is 9.94. The topological polar surface area (TPSA) is 86.9 Å². The van der Waals surface area contributed by atoms with E-state index >= 15 is 0 Å². The third-order valence-corrected chi connectivity index (χ3v) is 4.18. The van der Waals surface area contributed by atoms with Crippen LogP contribution in [-0.2, 0) is 23.2 Å². The van der Waals surface area contributed by atoms with Crippen molar-refractivity contribution in [3.05, 3.63) is 53.3 Å². The lowest BCUT2D eigenvalue weighted by Gasteiger charge is -2.13. The molecule has 3 N–H and O–H groups in total. The van der Waals surface area contributed by atoms with Crippen LogP contribution in [0.1, 0.15) is 23.9 Å². The molecule has 1 aromatic carbocycles. The Bertz CT molecular complexity index is 667. The molecule has 0 radical (unpaired) electrons. The lowest BCUT2D eigenvalue weighted by Crippen LogP contribution is -2.42. The van der Waals surface area contributed by atoms with Gasteiger partial charge in [0.15, 0.2) is 0 Å². The predicted octanol–water partition coefficient (Wildman–Crippen LogP) is 1.27. The fourth-order valence-corrected chi connectivity index (χ4v) is 3.07. The Kier molecular flexibility index (Phi) is 5.11. The third-order valence-electron chi connectivity index (χ3n) is 2.94. The fraction of sp³-hybridized carbons (Fsp3) is 0.357. The molecule has 1 atom stereocenters. The highest BCUT2D eigenvalue weighted by Crippen LogP contribution is 2.03. The Labute approximate surface area is 125 Å². The van der Waals surface area contributed by atoms with Gasteiger partial charge >= 0.3 is 0 Å². The average Bonchev–Trinajstić information content (AvgIpc) is 2.82. The third kappa shape index (κ3) is 5.30. The highest BCUT2D eigenvalue weighted by Gasteiger charge is 2.15. The number of hydrogen-bond donors (Lipinski definition) is 3. The number of aromatic nitrogens is 2. The van der Waals surface area contributed by atoms with Crippen LogP contribution in [0.15, 0.2) is 36.4 Å². The van der Waals surface area contributed by atoms with Crippen molar-refractivity contribution in [1.29, 1.82) is 0 Å². The van der Waals surface area contributed by atoms with E-state index in [1.165, 1.54) is 0 Å². The van der Waals surface area contributed by atoms with Crippen LogP contribution in [0.2, 0.25) is 0 Å². The van der Waals surface area contributed by atoms with Gasteiger partial charge in [0.05, 0.1) is 5.69 Å². The van der Waals surface area contributed by atoms with Crippen LogP contribution in [0.5, 0.6) is 0 Å². The maximum atomic E-state index is 12.0. The molecule has 2 rings (SSSR count). The molecule has 0 saturated carbocycles. The zero-order chi connectivity index (χ0) is 15.3. The van der Waals surface area contributed by atoms with Crippen LogP contribution in [0, 0.1) is 6.92 Å². The van der Waals surface area contributed by atoms with Gasteiger partial charge in [-0.25, -0.2) is 0 Å². The van der Waals surface area contributed by atoms with E-state index < -0.39 is 10.2 Å². The van der Waals surface area contributed by atoms with E-state index in [-0.39, 0.29) is 12.6 Å². The summed E-state index contributed by atoms with van der Waals surface area (Å²) in [5.74, 6) is 0. The number of aryl methyl sites for hydroxylation is 1. The van der Waals surface area contributed by atoms with E-state index in [1.807, 2.05) is 50.2 Å². The van der Waals surface area contributed by atoms with Crippen LogP contribution < -0.4 is 9.44 Å². The second-order valence-electron chi connectivity index (χ2n) is 5.08. The minimum absolute atomic E-state index is 0.235. The molecule has 21 heavy (non-hydrogen) atoms. The van der Waals surface area contributed by atoms with Crippen molar-refractivity contribution in [2.24, 2.45) is 0 Å². The standard InChI is InChI=1S/C14H20N4O2S/c1-11-8-14(17-16-11)9-12(2)18-21(19,20)15-10-13-6-4-3-5-7-13/h3-8,12,15,18H,9-10H2,1-2H3,(H,16,17)/t12-/m0/s1. The fourth-order valence-electron chi connectivity index (χ4n) is 2.02. The molecule has 1 heterocycles. The Morgan fingerprint density at radius 1 is 1.29 bits per heavy atom. The second-order valence-corrected chi connectivity index (χ2v) is 6.61. The highest BCUT2D eigenvalue weighted by atomic mass is 32.2.